The van der Waals surface area contributed by atoms with Gasteiger partial charge in [0.05, 0.1) is 19.8 Å². The predicted molar refractivity (Wildman–Crippen MR) is 35.8 cm³/mol. The van der Waals surface area contributed by atoms with Crippen molar-refractivity contribution in [3.05, 3.63) is 0 Å². The highest BCUT2D eigenvalue weighted by Gasteiger charge is 2.25. The van der Waals surface area contributed by atoms with Gasteiger partial charge in [-0.1, -0.05) is 0 Å². The van der Waals surface area contributed by atoms with E-state index in [1.165, 1.54) is 0 Å². The number of hydrogen-bond acceptors (Lipinski definition) is 5. The van der Waals surface area contributed by atoms with Crippen LogP contribution in [0.25, 0.3) is 0 Å². The van der Waals surface area contributed by atoms with E-state index in [0.29, 0.717) is 13.2 Å². The number of esters is 1. The van der Waals surface area contributed by atoms with Crippen LogP contribution >= 0.6 is 0 Å². The van der Waals surface area contributed by atoms with E-state index in [4.69, 9.17) is 20.3 Å². The van der Waals surface area contributed by atoms with Crippen molar-refractivity contribution in [1.29, 1.82) is 0 Å². The molecule has 1 aliphatic heterocycles. The van der Waals surface area contributed by atoms with Gasteiger partial charge in [0, 0.05) is 0 Å². The summed E-state index contributed by atoms with van der Waals surface area (Å²) in [5.74, 6) is -0.569. The van der Waals surface area contributed by atoms with E-state index >= 15 is 0 Å². The summed E-state index contributed by atoms with van der Waals surface area (Å²) in [6.45, 7) is 0.486. The fraction of sp³-hybridized carbons (Fsp3) is 0.833. The lowest BCUT2D eigenvalue weighted by atomic mass is 10.3. The van der Waals surface area contributed by atoms with Crippen LogP contribution in [0.2, 0.25) is 0 Å². The number of nitrogens with two attached hydrogens (primary N) is 1. The molecule has 1 heterocycles. The van der Waals surface area contributed by atoms with Crippen LogP contribution in [0.4, 0.5) is 0 Å². The zero-order valence-corrected chi connectivity index (χ0v) is 6.03. The van der Waals surface area contributed by atoms with Gasteiger partial charge in [-0.05, 0) is 0 Å². The predicted octanol–water partition coefficient (Wildman–Crippen LogP) is -1.75. The van der Waals surface area contributed by atoms with Crippen LogP contribution in [-0.4, -0.2) is 43.0 Å². The first-order chi connectivity index (χ1) is 5.24. The first-order valence-electron chi connectivity index (χ1n) is 3.38. The van der Waals surface area contributed by atoms with Crippen LogP contribution in [0, 0.1) is 0 Å². The summed E-state index contributed by atoms with van der Waals surface area (Å²) in [4.78, 5) is 10.8. The van der Waals surface area contributed by atoms with E-state index in [9.17, 15) is 4.79 Å². The lowest BCUT2D eigenvalue weighted by Gasteiger charge is -2.26. The summed E-state index contributed by atoms with van der Waals surface area (Å²) < 4.78 is 9.56. The molecule has 0 unspecified atom stereocenters. The molecule has 1 atom stereocenters. The normalized spacial score (nSPS) is 20.5. The van der Waals surface area contributed by atoms with Gasteiger partial charge in [0.2, 0.25) is 0 Å². The molecular weight excluding hydrogens is 150 g/mol. The lowest BCUT2D eigenvalue weighted by Crippen LogP contribution is -2.44. The van der Waals surface area contributed by atoms with E-state index in [2.05, 4.69) is 0 Å². The van der Waals surface area contributed by atoms with Gasteiger partial charge in [-0.15, -0.1) is 0 Å². The van der Waals surface area contributed by atoms with E-state index < -0.39 is 12.0 Å². The molecule has 0 amide bonds. The Morgan fingerprint density at radius 3 is 2.82 bits per heavy atom. The molecular formula is C6H11NO4. The number of ether oxygens (including phenoxy) is 2. The lowest BCUT2D eigenvalue weighted by molar-refractivity contribution is -0.174. The van der Waals surface area contributed by atoms with E-state index in [0.717, 1.165) is 0 Å². The van der Waals surface area contributed by atoms with Gasteiger partial charge >= 0.3 is 5.97 Å². The van der Waals surface area contributed by atoms with Crippen molar-refractivity contribution in [2.24, 2.45) is 5.73 Å². The largest absolute Gasteiger partial charge is 0.456 e. The molecule has 1 aliphatic rings. The van der Waals surface area contributed by atoms with E-state index in [1.54, 1.807) is 0 Å². The van der Waals surface area contributed by atoms with Gasteiger partial charge in [0.1, 0.15) is 12.1 Å². The Hall–Kier alpha value is -0.650. The van der Waals surface area contributed by atoms with Crippen molar-refractivity contribution in [3.8, 4) is 0 Å². The first-order valence-corrected chi connectivity index (χ1v) is 3.38. The summed E-state index contributed by atoms with van der Waals surface area (Å²) in [7, 11) is 0. The maximum absolute atomic E-state index is 10.8. The van der Waals surface area contributed by atoms with Gasteiger partial charge in [-0.25, -0.2) is 0 Å². The molecule has 1 saturated heterocycles. The molecule has 3 N–H and O–H groups in total. The van der Waals surface area contributed by atoms with Crippen LogP contribution < -0.4 is 5.73 Å². The minimum absolute atomic E-state index is 0.167. The van der Waals surface area contributed by atoms with Gasteiger partial charge in [0.25, 0.3) is 0 Å². The number of aliphatic hydroxyl groups excluding tert-OH is 1. The fourth-order valence-electron chi connectivity index (χ4n) is 0.608. The van der Waals surface area contributed by atoms with Crippen molar-refractivity contribution >= 4 is 5.97 Å². The number of carbonyl (C=O) groups is 1. The maximum atomic E-state index is 10.8. The van der Waals surface area contributed by atoms with Crippen LogP contribution in [-0.2, 0) is 14.3 Å². The number of hydrogen-bond donors (Lipinski definition) is 2. The third-order valence-electron chi connectivity index (χ3n) is 1.39. The highest BCUT2D eigenvalue weighted by molar-refractivity contribution is 5.75. The van der Waals surface area contributed by atoms with Crippen molar-refractivity contribution in [1.82, 2.24) is 0 Å². The second-order valence-electron chi connectivity index (χ2n) is 2.39. The van der Waals surface area contributed by atoms with Crippen molar-refractivity contribution in [3.63, 3.8) is 0 Å². The van der Waals surface area contributed by atoms with Crippen molar-refractivity contribution < 1.29 is 19.4 Å². The molecule has 5 heteroatoms. The Balaban J connectivity index is 2.19. The van der Waals surface area contributed by atoms with Crippen LogP contribution in [0.15, 0.2) is 0 Å². The maximum Gasteiger partial charge on any atom is 0.325 e. The molecule has 0 saturated carbocycles. The molecule has 0 aromatic rings. The molecule has 11 heavy (non-hydrogen) atoms. The van der Waals surface area contributed by atoms with Gasteiger partial charge in [-0.2, -0.15) is 0 Å². The average Bonchev–Trinajstić information content (AvgIpc) is 1.94. The SMILES string of the molecule is N[C@@H](CO)C(=O)OC1COC1. The van der Waals surface area contributed by atoms with Crippen LogP contribution in [0.1, 0.15) is 0 Å². The van der Waals surface area contributed by atoms with Gasteiger partial charge in [-0.3, -0.25) is 4.79 Å². The number of aliphatic hydroxyl groups is 1. The Morgan fingerprint density at radius 2 is 2.45 bits per heavy atom. The summed E-state index contributed by atoms with van der Waals surface area (Å²) in [6.07, 6.45) is -0.167. The molecule has 1 rings (SSSR count). The second kappa shape index (κ2) is 3.66. The fourth-order valence-corrected chi connectivity index (χ4v) is 0.608. The second-order valence-corrected chi connectivity index (χ2v) is 2.39. The molecule has 0 aliphatic carbocycles. The Morgan fingerprint density at radius 1 is 1.82 bits per heavy atom. The van der Waals surface area contributed by atoms with E-state index in [1.807, 2.05) is 0 Å². The van der Waals surface area contributed by atoms with Gasteiger partial charge in [0.15, 0.2) is 0 Å². The smallest absolute Gasteiger partial charge is 0.325 e. The summed E-state index contributed by atoms with van der Waals surface area (Å²) in [6, 6.07) is -0.921. The summed E-state index contributed by atoms with van der Waals surface area (Å²) in [5, 5.41) is 8.45. The molecule has 0 bridgehead atoms. The Labute approximate surface area is 64.1 Å². The van der Waals surface area contributed by atoms with Gasteiger partial charge < -0.3 is 20.3 Å². The Kier molecular flexibility index (Phi) is 2.81. The molecule has 1 fully saturated rings. The zero-order chi connectivity index (χ0) is 8.27. The highest BCUT2D eigenvalue weighted by atomic mass is 16.6. The number of carbonyl (C=O) groups excluding carboxylic acids is 1. The van der Waals surface area contributed by atoms with Crippen LogP contribution in [0.5, 0.6) is 0 Å². The van der Waals surface area contributed by atoms with Crippen LogP contribution in [0.3, 0.4) is 0 Å². The quantitative estimate of drug-likeness (QED) is 0.479. The minimum Gasteiger partial charge on any atom is -0.456 e. The molecule has 0 spiro atoms. The van der Waals surface area contributed by atoms with Crippen molar-refractivity contribution in [2.75, 3.05) is 19.8 Å². The van der Waals surface area contributed by atoms with E-state index in [-0.39, 0.29) is 12.7 Å². The molecule has 5 nitrogen and oxygen atoms in total. The van der Waals surface area contributed by atoms with Crippen molar-refractivity contribution in [2.45, 2.75) is 12.1 Å². The highest BCUT2D eigenvalue weighted by Crippen LogP contribution is 2.05. The third-order valence-corrected chi connectivity index (χ3v) is 1.39. The summed E-state index contributed by atoms with van der Waals surface area (Å²) >= 11 is 0. The molecule has 0 radical (unpaired) electrons. The standard InChI is InChI=1S/C6H11NO4/c7-5(1-8)6(9)11-4-2-10-3-4/h4-5,8H,1-3,7H2/t5-/m0/s1. The molecule has 0 aromatic carbocycles. The third kappa shape index (κ3) is 2.14. The topological polar surface area (TPSA) is 81.8 Å². The minimum atomic E-state index is -0.921. The zero-order valence-electron chi connectivity index (χ0n) is 6.03. The number of rotatable bonds is 3. The average molecular weight is 161 g/mol. The monoisotopic (exact) mass is 161 g/mol. The molecule has 64 valence electrons. The molecule has 0 aromatic heterocycles. The Bertz CT molecular complexity index is 146. The summed E-state index contributed by atoms with van der Waals surface area (Å²) in [5.41, 5.74) is 5.18. The first kappa shape index (κ1) is 8.45.